The monoisotopic (exact) mass is 251 g/mol. The summed E-state index contributed by atoms with van der Waals surface area (Å²) >= 11 is 5.86. The Hall–Kier alpha value is -0.590. The van der Waals surface area contributed by atoms with Crippen molar-refractivity contribution in [1.29, 1.82) is 0 Å². The summed E-state index contributed by atoms with van der Waals surface area (Å²) in [6.07, 6.45) is 0.732. The number of aryl methyl sites for hydroxylation is 2. The standard InChI is InChI=1S/C8H14ClN3O2S/c1-4-5-10-15(13,14)7-6(2)11-12(3)8(7)9/h10H,4-5H2,1-3H3. The minimum atomic E-state index is -3.53. The molecule has 0 bridgehead atoms. The Labute approximate surface area is 94.5 Å². The summed E-state index contributed by atoms with van der Waals surface area (Å²) in [5.41, 5.74) is 0.408. The molecule has 0 aromatic carbocycles. The topological polar surface area (TPSA) is 64.0 Å². The first-order chi connectivity index (χ1) is 6.90. The van der Waals surface area contributed by atoms with Gasteiger partial charge in [-0.25, -0.2) is 13.1 Å². The molecule has 0 unspecified atom stereocenters. The summed E-state index contributed by atoms with van der Waals surface area (Å²) in [5.74, 6) is 0. The smallest absolute Gasteiger partial charge is 0.245 e. The van der Waals surface area contributed by atoms with Crippen molar-refractivity contribution >= 4 is 21.6 Å². The Morgan fingerprint density at radius 2 is 2.13 bits per heavy atom. The molecule has 0 saturated carbocycles. The van der Waals surface area contributed by atoms with Crippen molar-refractivity contribution in [1.82, 2.24) is 14.5 Å². The Morgan fingerprint density at radius 1 is 1.53 bits per heavy atom. The molecule has 0 atom stereocenters. The van der Waals surface area contributed by atoms with Gasteiger partial charge in [-0.1, -0.05) is 18.5 Å². The zero-order valence-electron chi connectivity index (χ0n) is 8.91. The molecule has 1 aromatic rings. The molecule has 0 amide bonds. The van der Waals surface area contributed by atoms with Gasteiger partial charge in [-0.3, -0.25) is 4.68 Å². The minimum absolute atomic E-state index is 0.0696. The van der Waals surface area contributed by atoms with Gasteiger partial charge < -0.3 is 0 Å². The molecule has 5 nitrogen and oxygen atoms in total. The van der Waals surface area contributed by atoms with Gasteiger partial charge in [0.05, 0.1) is 5.69 Å². The molecule has 0 aliphatic carbocycles. The van der Waals surface area contributed by atoms with Crippen molar-refractivity contribution in [3.8, 4) is 0 Å². The fourth-order valence-corrected chi connectivity index (χ4v) is 3.10. The predicted octanol–water partition coefficient (Wildman–Crippen LogP) is 1.07. The third-order valence-electron chi connectivity index (χ3n) is 1.91. The van der Waals surface area contributed by atoms with Crippen LogP contribution in [0.2, 0.25) is 5.15 Å². The lowest BCUT2D eigenvalue weighted by Crippen LogP contribution is -2.25. The van der Waals surface area contributed by atoms with Crippen LogP contribution in [0.25, 0.3) is 0 Å². The molecule has 0 aliphatic heterocycles. The van der Waals surface area contributed by atoms with Crippen LogP contribution >= 0.6 is 11.6 Å². The zero-order valence-corrected chi connectivity index (χ0v) is 10.5. The van der Waals surface area contributed by atoms with E-state index in [0.717, 1.165) is 6.42 Å². The van der Waals surface area contributed by atoms with Crippen molar-refractivity contribution in [2.24, 2.45) is 7.05 Å². The van der Waals surface area contributed by atoms with Gasteiger partial charge in [0.25, 0.3) is 0 Å². The molecule has 0 radical (unpaired) electrons. The Balaban J connectivity index is 3.15. The van der Waals surface area contributed by atoms with Crippen LogP contribution in [0.1, 0.15) is 19.0 Å². The van der Waals surface area contributed by atoms with Gasteiger partial charge in [0.15, 0.2) is 0 Å². The normalized spacial score (nSPS) is 12.0. The Kier molecular flexibility index (Phi) is 3.75. The van der Waals surface area contributed by atoms with Crippen molar-refractivity contribution < 1.29 is 8.42 Å². The van der Waals surface area contributed by atoms with E-state index in [-0.39, 0.29) is 10.0 Å². The minimum Gasteiger partial charge on any atom is -0.255 e. The lowest BCUT2D eigenvalue weighted by Gasteiger charge is -2.04. The number of rotatable bonds is 4. The summed E-state index contributed by atoms with van der Waals surface area (Å²) in [4.78, 5) is 0.0696. The van der Waals surface area contributed by atoms with Gasteiger partial charge in [0, 0.05) is 13.6 Å². The lowest BCUT2D eigenvalue weighted by molar-refractivity contribution is 0.580. The third-order valence-corrected chi connectivity index (χ3v) is 4.07. The first kappa shape index (κ1) is 12.5. The molecular weight excluding hydrogens is 238 g/mol. The molecule has 1 aromatic heterocycles. The number of halogens is 1. The average molecular weight is 252 g/mol. The number of hydrogen-bond donors (Lipinski definition) is 1. The highest BCUT2D eigenvalue weighted by atomic mass is 35.5. The van der Waals surface area contributed by atoms with E-state index in [1.165, 1.54) is 4.68 Å². The number of hydrogen-bond acceptors (Lipinski definition) is 3. The highest BCUT2D eigenvalue weighted by Crippen LogP contribution is 2.23. The summed E-state index contributed by atoms with van der Waals surface area (Å²) < 4.78 is 27.4. The number of nitrogens with one attached hydrogen (secondary N) is 1. The Morgan fingerprint density at radius 3 is 2.53 bits per heavy atom. The number of sulfonamides is 1. The van der Waals surface area contributed by atoms with Crippen LogP contribution in [0.3, 0.4) is 0 Å². The fourth-order valence-electron chi connectivity index (χ4n) is 1.22. The van der Waals surface area contributed by atoms with Crippen molar-refractivity contribution in [3.05, 3.63) is 10.8 Å². The predicted molar refractivity (Wildman–Crippen MR) is 58.4 cm³/mol. The largest absolute Gasteiger partial charge is 0.255 e. The van der Waals surface area contributed by atoms with Crippen molar-refractivity contribution in [2.45, 2.75) is 25.2 Å². The molecule has 0 fully saturated rings. The van der Waals surface area contributed by atoms with Crippen LogP contribution in [0.15, 0.2) is 4.90 Å². The molecule has 86 valence electrons. The van der Waals surface area contributed by atoms with E-state index in [2.05, 4.69) is 9.82 Å². The molecule has 0 saturated heterocycles. The van der Waals surface area contributed by atoms with E-state index in [1.807, 2.05) is 6.92 Å². The quantitative estimate of drug-likeness (QED) is 0.871. The molecule has 1 rings (SSSR count). The molecule has 1 heterocycles. The van der Waals surface area contributed by atoms with E-state index in [0.29, 0.717) is 12.2 Å². The molecule has 7 heteroatoms. The summed E-state index contributed by atoms with van der Waals surface area (Å²) in [7, 11) is -1.92. The highest BCUT2D eigenvalue weighted by Gasteiger charge is 2.24. The van der Waals surface area contributed by atoms with Crippen LogP contribution in [0, 0.1) is 6.92 Å². The van der Waals surface area contributed by atoms with E-state index < -0.39 is 10.0 Å². The fraction of sp³-hybridized carbons (Fsp3) is 0.625. The number of aromatic nitrogens is 2. The maximum atomic E-state index is 11.8. The van der Waals surface area contributed by atoms with Gasteiger partial charge >= 0.3 is 0 Å². The molecule has 0 spiro atoms. The van der Waals surface area contributed by atoms with Gasteiger partial charge in [0.2, 0.25) is 10.0 Å². The van der Waals surface area contributed by atoms with E-state index >= 15 is 0 Å². The SMILES string of the molecule is CCCNS(=O)(=O)c1c(C)nn(C)c1Cl. The average Bonchev–Trinajstić information content (AvgIpc) is 2.38. The van der Waals surface area contributed by atoms with E-state index in [9.17, 15) is 8.42 Å². The second-order valence-corrected chi connectivity index (χ2v) is 5.29. The first-order valence-electron chi connectivity index (χ1n) is 4.59. The van der Waals surface area contributed by atoms with Gasteiger partial charge in [-0.15, -0.1) is 0 Å². The molecular formula is C8H14ClN3O2S. The first-order valence-corrected chi connectivity index (χ1v) is 6.45. The van der Waals surface area contributed by atoms with Crippen LogP contribution < -0.4 is 4.72 Å². The van der Waals surface area contributed by atoms with Crippen molar-refractivity contribution in [3.63, 3.8) is 0 Å². The molecule has 15 heavy (non-hydrogen) atoms. The van der Waals surface area contributed by atoms with Gasteiger partial charge in [-0.2, -0.15) is 5.10 Å². The lowest BCUT2D eigenvalue weighted by atomic mass is 10.5. The second-order valence-electron chi connectivity index (χ2n) is 3.23. The van der Waals surface area contributed by atoms with Crippen molar-refractivity contribution in [2.75, 3.05) is 6.54 Å². The van der Waals surface area contributed by atoms with Crippen LogP contribution in [0.4, 0.5) is 0 Å². The Bertz CT molecular complexity index is 453. The maximum Gasteiger partial charge on any atom is 0.245 e. The van der Waals surface area contributed by atoms with E-state index in [4.69, 9.17) is 11.6 Å². The zero-order chi connectivity index (χ0) is 11.6. The molecule has 1 N–H and O–H groups in total. The van der Waals surface area contributed by atoms with E-state index in [1.54, 1.807) is 14.0 Å². The van der Waals surface area contributed by atoms with Crippen LogP contribution in [-0.4, -0.2) is 24.7 Å². The summed E-state index contributed by atoms with van der Waals surface area (Å²) in [5, 5.41) is 4.09. The van der Waals surface area contributed by atoms with Gasteiger partial charge in [-0.05, 0) is 13.3 Å². The number of nitrogens with zero attached hydrogens (tertiary/aromatic N) is 2. The summed E-state index contributed by atoms with van der Waals surface area (Å²) in [6.45, 7) is 3.90. The van der Waals surface area contributed by atoms with Crippen LogP contribution in [-0.2, 0) is 17.1 Å². The van der Waals surface area contributed by atoms with Crippen LogP contribution in [0.5, 0.6) is 0 Å². The molecule has 0 aliphatic rings. The third kappa shape index (κ3) is 2.50. The summed E-state index contributed by atoms with van der Waals surface area (Å²) in [6, 6.07) is 0. The van der Waals surface area contributed by atoms with Gasteiger partial charge in [0.1, 0.15) is 10.0 Å². The maximum absolute atomic E-state index is 11.8. The second kappa shape index (κ2) is 4.51. The highest BCUT2D eigenvalue weighted by molar-refractivity contribution is 7.89.